The van der Waals surface area contributed by atoms with E-state index in [0.717, 1.165) is 6.42 Å². The van der Waals surface area contributed by atoms with Gasteiger partial charge in [-0.05, 0) is 59.7 Å². The Hall–Kier alpha value is -2.05. The smallest absolute Gasteiger partial charge is 0.251 e. The van der Waals surface area contributed by atoms with Crippen LogP contribution in [0.15, 0.2) is 40.9 Å². The van der Waals surface area contributed by atoms with E-state index in [9.17, 15) is 4.79 Å². The van der Waals surface area contributed by atoms with Crippen molar-refractivity contribution in [3.63, 3.8) is 0 Å². The predicted molar refractivity (Wildman–Crippen MR) is 112 cm³/mol. The zero-order valence-electron chi connectivity index (χ0n) is 16.5. The number of nitrogens with zero attached hydrogens (tertiary/aromatic N) is 1. The number of carbonyl (C=O) groups excluding carboxylic acids is 1. The van der Waals surface area contributed by atoms with Crippen LogP contribution >= 0.6 is 15.9 Å². The van der Waals surface area contributed by atoms with Gasteiger partial charge in [0.1, 0.15) is 16.0 Å². The molecule has 1 amide bonds. The molecule has 1 N–H and O–H groups in total. The summed E-state index contributed by atoms with van der Waals surface area (Å²) in [5, 5.41) is 3.02. The maximum absolute atomic E-state index is 12.7. The van der Waals surface area contributed by atoms with Gasteiger partial charge in [0.05, 0.1) is 20.3 Å². The Kier molecular flexibility index (Phi) is 7.68. The third-order valence-corrected chi connectivity index (χ3v) is 5.34. The molecule has 1 atom stereocenters. The van der Waals surface area contributed by atoms with Crippen LogP contribution in [0.1, 0.15) is 34.5 Å². The quantitative estimate of drug-likeness (QED) is 0.680. The molecule has 2 aromatic rings. The van der Waals surface area contributed by atoms with Crippen LogP contribution < -0.4 is 14.8 Å². The van der Waals surface area contributed by atoms with Crippen molar-refractivity contribution in [3.8, 4) is 11.5 Å². The molecule has 1 unspecified atom stereocenters. The zero-order valence-corrected chi connectivity index (χ0v) is 18.1. The molecule has 0 aromatic heterocycles. The van der Waals surface area contributed by atoms with Gasteiger partial charge in [0.15, 0.2) is 0 Å². The molecule has 0 saturated carbocycles. The number of aryl methyl sites for hydroxylation is 1. The van der Waals surface area contributed by atoms with E-state index in [2.05, 4.69) is 57.3 Å². The monoisotopic (exact) mass is 434 g/mol. The lowest BCUT2D eigenvalue weighted by Gasteiger charge is -2.25. The number of methoxy groups -OCH3 is 2. The van der Waals surface area contributed by atoms with E-state index in [1.807, 2.05) is 14.1 Å². The first kappa shape index (κ1) is 21.3. The van der Waals surface area contributed by atoms with Gasteiger partial charge in [0.25, 0.3) is 5.91 Å². The third-order valence-electron chi connectivity index (χ3n) is 4.56. The Morgan fingerprint density at radius 1 is 1.11 bits per heavy atom. The van der Waals surface area contributed by atoms with Gasteiger partial charge < -0.3 is 19.7 Å². The summed E-state index contributed by atoms with van der Waals surface area (Å²) in [5.41, 5.74) is 2.96. The van der Waals surface area contributed by atoms with E-state index in [4.69, 9.17) is 9.47 Å². The number of carbonyl (C=O) groups is 1. The summed E-state index contributed by atoms with van der Waals surface area (Å²) in [6, 6.07) is 12.0. The Labute approximate surface area is 169 Å². The topological polar surface area (TPSA) is 50.8 Å². The summed E-state index contributed by atoms with van der Waals surface area (Å²) in [4.78, 5) is 14.8. The molecule has 2 aromatic carbocycles. The second-order valence-electron chi connectivity index (χ2n) is 6.48. The van der Waals surface area contributed by atoms with E-state index in [-0.39, 0.29) is 11.9 Å². The molecule has 0 aliphatic heterocycles. The highest BCUT2D eigenvalue weighted by Gasteiger charge is 2.18. The van der Waals surface area contributed by atoms with Crippen LogP contribution in [0.4, 0.5) is 0 Å². The maximum Gasteiger partial charge on any atom is 0.251 e. The molecule has 146 valence electrons. The van der Waals surface area contributed by atoms with Gasteiger partial charge in [-0.1, -0.05) is 31.2 Å². The van der Waals surface area contributed by atoms with Crippen LogP contribution in [-0.4, -0.2) is 45.7 Å². The summed E-state index contributed by atoms with van der Waals surface area (Å²) < 4.78 is 11.3. The fourth-order valence-corrected chi connectivity index (χ4v) is 3.42. The molecule has 2 rings (SSSR count). The highest BCUT2D eigenvalue weighted by atomic mass is 79.9. The Bertz CT molecular complexity index is 750. The molecule has 6 heteroatoms. The first-order valence-electron chi connectivity index (χ1n) is 8.86. The van der Waals surface area contributed by atoms with E-state index in [1.54, 1.807) is 26.4 Å². The number of nitrogens with one attached hydrogen (secondary N) is 1. The molecule has 0 aliphatic carbocycles. The molecule has 0 fully saturated rings. The maximum atomic E-state index is 12.7. The van der Waals surface area contributed by atoms with Crippen LogP contribution in [0.25, 0.3) is 0 Å². The summed E-state index contributed by atoms with van der Waals surface area (Å²) in [6.07, 6.45) is 1.01. The molecular weight excluding hydrogens is 408 g/mol. The zero-order chi connectivity index (χ0) is 20.0. The second kappa shape index (κ2) is 9.76. The molecule has 5 nitrogen and oxygen atoms in total. The SMILES string of the molecule is CCc1ccc(C(CNC(=O)c2cc(OC)c(Br)c(OC)c2)N(C)C)cc1. The molecule has 0 aliphatic rings. The highest BCUT2D eigenvalue weighted by molar-refractivity contribution is 9.10. The van der Waals surface area contributed by atoms with Crippen LogP contribution in [-0.2, 0) is 6.42 Å². The molecule has 0 bridgehead atoms. The van der Waals surface area contributed by atoms with Crippen molar-refractivity contribution in [2.24, 2.45) is 0 Å². The van der Waals surface area contributed by atoms with Crippen LogP contribution in [0, 0.1) is 0 Å². The van der Waals surface area contributed by atoms with Gasteiger partial charge >= 0.3 is 0 Å². The Morgan fingerprint density at radius 3 is 2.11 bits per heavy atom. The van der Waals surface area contributed by atoms with E-state index < -0.39 is 0 Å². The first-order chi connectivity index (χ1) is 12.9. The van der Waals surface area contributed by atoms with Crippen molar-refractivity contribution >= 4 is 21.8 Å². The van der Waals surface area contributed by atoms with E-state index in [1.165, 1.54) is 11.1 Å². The van der Waals surface area contributed by atoms with Crippen LogP contribution in [0.5, 0.6) is 11.5 Å². The number of benzene rings is 2. The summed E-state index contributed by atoms with van der Waals surface area (Å²) in [5.74, 6) is 0.939. The summed E-state index contributed by atoms with van der Waals surface area (Å²) in [7, 11) is 7.14. The van der Waals surface area contributed by atoms with Gasteiger partial charge in [-0.2, -0.15) is 0 Å². The second-order valence-corrected chi connectivity index (χ2v) is 7.27. The minimum atomic E-state index is -0.170. The molecule has 0 spiro atoms. The first-order valence-corrected chi connectivity index (χ1v) is 9.65. The molecule has 0 radical (unpaired) electrons. The minimum Gasteiger partial charge on any atom is -0.495 e. The average molecular weight is 435 g/mol. The van der Waals surface area contributed by atoms with Gasteiger partial charge in [-0.3, -0.25) is 4.79 Å². The number of ether oxygens (including phenoxy) is 2. The summed E-state index contributed by atoms with van der Waals surface area (Å²) >= 11 is 3.42. The lowest BCUT2D eigenvalue weighted by molar-refractivity contribution is 0.0941. The predicted octanol–water partition coefficient (Wildman–Crippen LogP) is 4.06. The number of amides is 1. The Balaban J connectivity index is 2.16. The largest absolute Gasteiger partial charge is 0.495 e. The molecular formula is C21H27BrN2O3. The van der Waals surface area contributed by atoms with Gasteiger partial charge in [-0.15, -0.1) is 0 Å². The van der Waals surface area contributed by atoms with Gasteiger partial charge in [0.2, 0.25) is 0 Å². The van der Waals surface area contributed by atoms with Crippen LogP contribution in [0.2, 0.25) is 0 Å². The highest BCUT2D eigenvalue weighted by Crippen LogP contribution is 2.35. The van der Waals surface area contributed by atoms with Crippen molar-refractivity contribution in [1.82, 2.24) is 10.2 Å². The van der Waals surface area contributed by atoms with E-state index >= 15 is 0 Å². The number of likely N-dealkylation sites (N-methyl/N-ethyl adjacent to an activating group) is 1. The van der Waals surface area contributed by atoms with Crippen molar-refractivity contribution in [3.05, 3.63) is 57.6 Å². The average Bonchev–Trinajstić information content (AvgIpc) is 2.68. The lowest BCUT2D eigenvalue weighted by Crippen LogP contribution is -2.34. The molecule has 0 saturated heterocycles. The number of hydrogen-bond acceptors (Lipinski definition) is 4. The molecule has 27 heavy (non-hydrogen) atoms. The Morgan fingerprint density at radius 2 is 1.67 bits per heavy atom. The number of hydrogen-bond donors (Lipinski definition) is 1. The normalized spacial score (nSPS) is 12.0. The van der Waals surface area contributed by atoms with Crippen molar-refractivity contribution in [2.75, 3.05) is 34.9 Å². The number of rotatable bonds is 8. The fourth-order valence-electron chi connectivity index (χ4n) is 2.87. The van der Waals surface area contributed by atoms with Gasteiger partial charge in [0, 0.05) is 12.1 Å². The van der Waals surface area contributed by atoms with Crippen molar-refractivity contribution < 1.29 is 14.3 Å². The standard InChI is InChI=1S/C21H27BrN2O3/c1-6-14-7-9-15(10-8-14)17(24(2)3)13-23-21(25)16-11-18(26-4)20(22)19(12-16)27-5/h7-12,17H,6,13H2,1-5H3,(H,23,25). The lowest BCUT2D eigenvalue weighted by atomic mass is 10.0. The van der Waals surface area contributed by atoms with E-state index in [0.29, 0.717) is 28.1 Å². The van der Waals surface area contributed by atoms with Crippen LogP contribution in [0.3, 0.4) is 0 Å². The summed E-state index contributed by atoms with van der Waals surface area (Å²) in [6.45, 7) is 2.64. The number of halogens is 1. The van der Waals surface area contributed by atoms with Gasteiger partial charge in [-0.25, -0.2) is 0 Å². The minimum absolute atomic E-state index is 0.0825. The van der Waals surface area contributed by atoms with Crippen molar-refractivity contribution in [2.45, 2.75) is 19.4 Å². The van der Waals surface area contributed by atoms with Crippen molar-refractivity contribution in [1.29, 1.82) is 0 Å². The third kappa shape index (κ3) is 5.23. The molecule has 0 heterocycles. The fraction of sp³-hybridized carbons (Fsp3) is 0.381.